The molecule has 0 bridgehead atoms. The first-order valence-corrected chi connectivity index (χ1v) is 8.62. The van der Waals surface area contributed by atoms with Gasteiger partial charge in [0.1, 0.15) is 10.1 Å². The number of aromatic nitrogens is 1. The first-order chi connectivity index (χ1) is 10.2. The van der Waals surface area contributed by atoms with Crippen LogP contribution in [0, 0.1) is 0 Å². The highest BCUT2D eigenvalue weighted by Gasteiger charge is 2.27. The van der Waals surface area contributed by atoms with Gasteiger partial charge in [0.15, 0.2) is 6.04 Å². The average Bonchev–Trinajstić information content (AvgIpc) is 3.11. The number of anilines is 1. The summed E-state index contributed by atoms with van der Waals surface area (Å²) in [5.41, 5.74) is 3.50. The zero-order valence-electron chi connectivity index (χ0n) is 11.1. The number of aliphatic carboxylic acids is 1. The molecule has 0 aliphatic carbocycles. The lowest BCUT2D eigenvalue weighted by molar-refractivity contribution is -0.137. The van der Waals surface area contributed by atoms with Crippen molar-refractivity contribution in [2.24, 2.45) is 4.99 Å². The van der Waals surface area contributed by atoms with Gasteiger partial charge in [-0.05, 0) is 30.5 Å². The molecule has 1 atom stereocenters. The Hall–Kier alpha value is -1.60. The quantitative estimate of drug-likeness (QED) is 0.890. The third-order valence-corrected chi connectivity index (χ3v) is 5.88. The lowest BCUT2D eigenvalue weighted by Crippen LogP contribution is -2.17. The molecule has 5 nitrogen and oxygen atoms in total. The molecule has 21 heavy (non-hydrogen) atoms. The molecule has 0 fully saturated rings. The molecule has 0 amide bonds. The van der Waals surface area contributed by atoms with E-state index >= 15 is 0 Å². The van der Waals surface area contributed by atoms with E-state index in [1.54, 1.807) is 11.3 Å². The second-order valence-electron chi connectivity index (χ2n) is 5.13. The van der Waals surface area contributed by atoms with Gasteiger partial charge < -0.3 is 10.4 Å². The van der Waals surface area contributed by atoms with Crippen molar-refractivity contribution in [3.8, 4) is 0 Å². The largest absolute Gasteiger partial charge is 0.480 e. The number of nitrogens with zero attached hydrogens (tertiary/aromatic N) is 2. The summed E-state index contributed by atoms with van der Waals surface area (Å²) in [5.74, 6) is -0.364. The molecule has 0 radical (unpaired) electrons. The van der Waals surface area contributed by atoms with Gasteiger partial charge in [-0.2, -0.15) is 0 Å². The van der Waals surface area contributed by atoms with E-state index in [-0.39, 0.29) is 0 Å². The Bertz CT molecular complexity index is 726. The predicted octanol–water partition coefficient (Wildman–Crippen LogP) is 2.60. The zero-order valence-corrected chi connectivity index (χ0v) is 12.8. The standard InChI is InChI=1S/C14H13N3O2S2/c18-14(19)10-6-20-12(17-10)13-16-9-4-7-2-1-3-15-8(7)5-11(9)21-13/h4-5,10,15H,1-3,6H2,(H,18,19). The van der Waals surface area contributed by atoms with Crippen LogP contribution in [-0.2, 0) is 11.2 Å². The number of nitrogens with one attached hydrogen (secondary N) is 1. The molecule has 0 saturated heterocycles. The fourth-order valence-electron chi connectivity index (χ4n) is 2.60. The monoisotopic (exact) mass is 319 g/mol. The van der Waals surface area contributed by atoms with Crippen LogP contribution in [0.3, 0.4) is 0 Å². The molecule has 1 aromatic carbocycles. The second kappa shape index (κ2) is 4.99. The van der Waals surface area contributed by atoms with Crippen molar-refractivity contribution < 1.29 is 9.90 Å². The van der Waals surface area contributed by atoms with E-state index in [1.807, 2.05) is 0 Å². The molecular formula is C14H13N3O2S2. The van der Waals surface area contributed by atoms with E-state index < -0.39 is 12.0 Å². The van der Waals surface area contributed by atoms with Crippen LogP contribution in [0.4, 0.5) is 5.69 Å². The van der Waals surface area contributed by atoms with Crippen LogP contribution in [0.1, 0.15) is 17.0 Å². The first kappa shape index (κ1) is 13.1. The predicted molar refractivity (Wildman–Crippen MR) is 86.8 cm³/mol. The Kier molecular flexibility index (Phi) is 3.11. The van der Waals surface area contributed by atoms with Crippen molar-refractivity contribution in [1.82, 2.24) is 4.98 Å². The van der Waals surface area contributed by atoms with Crippen molar-refractivity contribution in [3.63, 3.8) is 0 Å². The minimum atomic E-state index is -0.863. The van der Waals surface area contributed by atoms with Crippen LogP contribution < -0.4 is 5.32 Å². The number of hydrogen-bond donors (Lipinski definition) is 2. The number of aryl methyl sites for hydroxylation is 1. The fraction of sp³-hybridized carbons (Fsp3) is 0.357. The molecule has 1 aromatic heterocycles. The van der Waals surface area contributed by atoms with Gasteiger partial charge in [-0.15, -0.1) is 23.1 Å². The molecule has 4 rings (SSSR count). The van der Waals surface area contributed by atoms with E-state index in [1.165, 1.54) is 23.0 Å². The third-order valence-electron chi connectivity index (χ3n) is 3.67. The van der Waals surface area contributed by atoms with Crippen LogP contribution in [0.2, 0.25) is 0 Å². The highest BCUT2D eigenvalue weighted by atomic mass is 32.2. The summed E-state index contributed by atoms with van der Waals surface area (Å²) in [5, 5.41) is 14.0. The van der Waals surface area contributed by atoms with E-state index in [4.69, 9.17) is 5.11 Å². The summed E-state index contributed by atoms with van der Waals surface area (Å²) >= 11 is 3.07. The Morgan fingerprint density at radius 2 is 2.33 bits per heavy atom. The zero-order chi connectivity index (χ0) is 14.4. The number of carboxylic acid groups (broad SMARTS) is 1. The number of thiazole rings is 1. The molecule has 0 saturated carbocycles. The van der Waals surface area contributed by atoms with Gasteiger partial charge in [-0.1, -0.05) is 0 Å². The molecule has 2 aliphatic heterocycles. The maximum Gasteiger partial charge on any atom is 0.329 e. The Morgan fingerprint density at radius 1 is 1.43 bits per heavy atom. The summed E-state index contributed by atoms with van der Waals surface area (Å²) in [4.78, 5) is 19.9. The molecule has 108 valence electrons. The summed E-state index contributed by atoms with van der Waals surface area (Å²) in [6.45, 7) is 1.02. The smallest absolute Gasteiger partial charge is 0.329 e. The van der Waals surface area contributed by atoms with Gasteiger partial charge in [0.25, 0.3) is 0 Å². The molecule has 0 spiro atoms. The SMILES string of the molecule is O=C(O)C1CSC(c2nc3cc4c(cc3s2)NCCC4)=N1. The highest BCUT2D eigenvalue weighted by molar-refractivity contribution is 8.15. The van der Waals surface area contributed by atoms with Gasteiger partial charge in [0.05, 0.1) is 10.2 Å². The van der Waals surface area contributed by atoms with Crippen molar-refractivity contribution in [2.45, 2.75) is 18.9 Å². The Balaban J connectivity index is 1.74. The lowest BCUT2D eigenvalue weighted by Gasteiger charge is -2.17. The number of carbonyl (C=O) groups is 1. The van der Waals surface area contributed by atoms with Gasteiger partial charge in [-0.25, -0.2) is 9.78 Å². The minimum Gasteiger partial charge on any atom is -0.480 e. The lowest BCUT2D eigenvalue weighted by atomic mass is 10.0. The molecule has 2 aliphatic rings. The Labute approximate surface area is 129 Å². The van der Waals surface area contributed by atoms with Gasteiger partial charge in [-0.3, -0.25) is 4.99 Å². The molecule has 2 N–H and O–H groups in total. The molecular weight excluding hydrogens is 306 g/mol. The summed E-state index contributed by atoms with van der Waals surface area (Å²) in [6, 6.07) is 3.66. The van der Waals surface area contributed by atoms with Gasteiger partial charge >= 0.3 is 5.97 Å². The number of rotatable bonds is 2. The summed E-state index contributed by atoms with van der Waals surface area (Å²) in [6.07, 6.45) is 2.24. The molecule has 3 heterocycles. The number of aliphatic imine (C=N–C) groups is 1. The summed E-state index contributed by atoms with van der Waals surface area (Å²) < 4.78 is 1.13. The van der Waals surface area contributed by atoms with E-state index in [0.29, 0.717) is 5.75 Å². The highest BCUT2D eigenvalue weighted by Crippen LogP contribution is 2.34. The van der Waals surface area contributed by atoms with Gasteiger partial charge in [0, 0.05) is 18.0 Å². The van der Waals surface area contributed by atoms with E-state index in [9.17, 15) is 4.79 Å². The molecule has 2 aromatic rings. The maximum atomic E-state index is 11.0. The van der Waals surface area contributed by atoms with E-state index in [0.717, 1.165) is 39.7 Å². The normalized spacial score (nSPS) is 21.0. The average molecular weight is 319 g/mol. The fourth-order valence-corrected chi connectivity index (χ4v) is 4.68. The number of hydrogen-bond acceptors (Lipinski definition) is 6. The number of benzene rings is 1. The van der Waals surface area contributed by atoms with Crippen LogP contribution in [0.5, 0.6) is 0 Å². The van der Waals surface area contributed by atoms with Crippen LogP contribution in [0.25, 0.3) is 10.2 Å². The Morgan fingerprint density at radius 3 is 3.14 bits per heavy atom. The van der Waals surface area contributed by atoms with Crippen LogP contribution in [0.15, 0.2) is 17.1 Å². The van der Waals surface area contributed by atoms with Crippen molar-refractivity contribution >= 4 is 50.0 Å². The van der Waals surface area contributed by atoms with Crippen molar-refractivity contribution in [3.05, 3.63) is 22.7 Å². The van der Waals surface area contributed by atoms with Crippen LogP contribution in [-0.4, -0.2) is 39.4 Å². The topological polar surface area (TPSA) is 74.6 Å². The number of thioether (sulfide) groups is 1. The minimum absolute atomic E-state index is 0.499. The molecule has 1 unspecified atom stereocenters. The molecule has 7 heteroatoms. The van der Waals surface area contributed by atoms with Gasteiger partial charge in [0.2, 0.25) is 0 Å². The van der Waals surface area contributed by atoms with E-state index in [2.05, 4.69) is 27.4 Å². The maximum absolute atomic E-state index is 11.0. The second-order valence-corrected chi connectivity index (χ2v) is 7.17. The van der Waals surface area contributed by atoms with Crippen molar-refractivity contribution in [2.75, 3.05) is 17.6 Å². The summed E-state index contributed by atoms with van der Waals surface area (Å²) in [7, 11) is 0. The van der Waals surface area contributed by atoms with Crippen LogP contribution >= 0.6 is 23.1 Å². The number of carboxylic acids is 1. The third kappa shape index (κ3) is 2.30. The number of fused-ring (bicyclic) bond motifs is 2. The first-order valence-electron chi connectivity index (χ1n) is 6.82. The van der Waals surface area contributed by atoms with Crippen molar-refractivity contribution in [1.29, 1.82) is 0 Å².